The highest BCUT2D eigenvalue weighted by Gasteiger charge is 2.19. The molecule has 6 heteroatoms. The number of hydrogen-bond donors (Lipinski definition) is 2. The molecular formula is C25H24N2O4. The molecule has 31 heavy (non-hydrogen) atoms. The van der Waals surface area contributed by atoms with Crippen LogP contribution in [-0.4, -0.2) is 30.4 Å². The van der Waals surface area contributed by atoms with E-state index in [0.29, 0.717) is 17.7 Å². The molecule has 2 N–H and O–H groups in total. The lowest BCUT2D eigenvalue weighted by Gasteiger charge is -2.14. The molecule has 0 aliphatic heterocycles. The van der Waals surface area contributed by atoms with Gasteiger partial charge in [-0.15, -0.1) is 0 Å². The van der Waals surface area contributed by atoms with Crippen LogP contribution in [0.4, 0.5) is 5.69 Å². The van der Waals surface area contributed by atoms with E-state index in [2.05, 4.69) is 10.6 Å². The molecule has 2 amide bonds. The predicted molar refractivity (Wildman–Crippen MR) is 119 cm³/mol. The van der Waals surface area contributed by atoms with E-state index in [1.165, 1.54) is 6.92 Å². The molecular weight excluding hydrogens is 392 g/mol. The second kappa shape index (κ2) is 10.7. The van der Waals surface area contributed by atoms with Crippen LogP contribution in [0.1, 0.15) is 28.4 Å². The lowest BCUT2D eigenvalue weighted by atomic mass is 10.0. The minimum atomic E-state index is -0.883. The number of amides is 2. The first-order valence-corrected chi connectivity index (χ1v) is 9.97. The number of benzene rings is 3. The fourth-order valence-electron chi connectivity index (χ4n) is 2.99. The number of rotatable bonds is 8. The summed E-state index contributed by atoms with van der Waals surface area (Å²) < 4.78 is 5.07. The smallest absolute Gasteiger partial charge is 0.328 e. The molecule has 3 rings (SSSR count). The monoisotopic (exact) mass is 416 g/mol. The Kier molecular flexibility index (Phi) is 7.54. The van der Waals surface area contributed by atoms with Crippen molar-refractivity contribution in [2.45, 2.75) is 19.4 Å². The Morgan fingerprint density at radius 1 is 0.839 bits per heavy atom. The van der Waals surface area contributed by atoms with Gasteiger partial charge in [0.25, 0.3) is 11.8 Å². The number of ether oxygens (including phenoxy) is 1. The van der Waals surface area contributed by atoms with Crippen LogP contribution in [0.3, 0.4) is 0 Å². The van der Waals surface area contributed by atoms with E-state index in [9.17, 15) is 14.4 Å². The van der Waals surface area contributed by atoms with Crippen molar-refractivity contribution in [3.05, 3.63) is 102 Å². The van der Waals surface area contributed by atoms with Crippen LogP contribution in [0.25, 0.3) is 0 Å². The quantitative estimate of drug-likeness (QED) is 0.550. The number of esters is 1. The Labute approximate surface area is 181 Å². The molecule has 0 radical (unpaired) electrons. The average Bonchev–Trinajstić information content (AvgIpc) is 2.80. The van der Waals surface area contributed by atoms with Gasteiger partial charge in [0.1, 0.15) is 6.04 Å². The molecule has 0 heterocycles. The van der Waals surface area contributed by atoms with Crippen molar-refractivity contribution < 1.29 is 19.1 Å². The highest BCUT2D eigenvalue weighted by molar-refractivity contribution is 5.97. The zero-order valence-electron chi connectivity index (χ0n) is 17.2. The summed E-state index contributed by atoms with van der Waals surface area (Å²) in [4.78, 5) is 36.6. The van der Waals surface area contributed by atoms with Crippen LogP contribution in [0, 0.1) is 0 Å². The minimum Gasteiger partial charge on any atom is -0.454 e. The Bertz CT molecular complexity index is 1040. The van der Waals surface area contributed by atoms with Crippen molar-refractivity contribution in [1.29, 1.82) is 0 Å². The number of hydrogen-bond acceptors (Lipinski definition) is 4. The first-order chi connectivity index (χ1) is 15.0. The van der Waals surface area contributed by atoms with Crippen molar-refractivity contribution in [1.82, 2.24) is 5.32 Å². The van der Waals surface area contributed by atoms with Gasteiger partial charge in [0.15, 0.2) is 6.61 Å². The third-order valence-corrected chi connectivity index (χ3v) is 4.61. The molecule has 0 spiro atoms. The van der Waals surface area contributed by atoms with E-state index >= 15 is 0 Å². The molecule has 0 unspecified atom stereocenters. The van der Waals surface area contributed by atoms with Crippen LogP contribution in [0.5, 0.6) is 0 Å². The minimum absolute atomic E-state index is 0.385. The van der Waals surface area contributed by atoms with E-state index in [1.54, 1.807) is 36.4 Å². The average molecular weight is 416 g/mol. The molecule has 1 atom stereocenters. The van der Waals surface area contributed by atoms with Crippen molar-refractivity contribution in [3.63, 3.8) is 0 Å². The number of carbonyl (C=O) groups is 3. The molecule has 0 fully saturated rings. The molecule has 3 aromatic rings. The molecule has 3 aromatic carbocycles. The summed E-state index contributed by atoms with van der Waals surface area (Å²) in [5.41, 5.74) is 3.18. The van der Waals surface area contributed by atoms with Gasteiger partial charge in [-0.25, -0.2) is 4.79 Å². The van der Waals surface area contributed by atoms with Gasteiger partial charge < -0.3 is 15.4 Å². The molecule has 6 nitrogen and oxygen atoms in total. The molecule has 0 aliphatic rings. The zero-order valence-corrected chi connectivity index (χ0v) is 17.2. The Balaban J connectivity index is 1.51. The number of nitrogens with one attached hydrogen (secondary N) is 2. The summed E-state index contributed by atoms with van der Waals surface area (Å²) in [6, 6.07) is 25.1. The van der Waals surface area contributed by atoms with Gasteiger partial charge in [-0.2, -0.15) is 0 Å². The molecule has 0 aliphatic carbocycles. The maximum atomic E-state index is 12.3. The van der Waals surface area contributed by atoms with E-state index < -0.39 is 24.5 Å². The normalized spacial score (nSPS) is 11.3. The summed E-state index contributed by atoms with van der Waals surface area (Å²) in [5.74, 6) is -1.52. The van der Waals surface area contributed by atoms with Crippen molar-refractivity contribution in [3.8, 4) is 0 Å². The summed E-state index contributed by atoms with van der Waals surface area (Å²) >= 11 is 0. The fraction of sp³-hybridized carbons (Fsp3) is 0.160. The van der Waals surface area contributed by atoms with Gasteiger partial charge in [0.2, 0.25) is 0 Å². The Morgan fingerprint density at radius 2 is 1.45 bits per heavy atom. The number of para-hydroxylation sites is 1. The second-order valence-corrected chi connectivity index (χ2v) is 7.04. The van der Waals surface area contributed by atoms with Crippen molar-refractivity contribution in [2.24, 2.45) is 0 Å². The number of carbonyl (C=O) groups excluding carboxylic acids is 3. The van der Waals surface area contributed by atoms with Gasteiger partial charge in [0.05, 0.1) is 0 Å². The van der Waals surface area contributed by atoms with Gasteiger partial charge >= 0.3 is 5.97 Å². The first-order valence-electron chi connectivity index (χ1n) is 9.97. The van der Waals surface area contributed by atoms with Crippen LogP contribution < -0.4 is 10.6 Å². The molecule has 0 saturated carbocycles. The van der Waals surface area contributed by atoms with Gasteiger partial charge in [-0.3, -0.25) is 9.59 Å². The van der Waals surface area contributed by atoms with E-state index in [1.807, 2.05) is 48.5 Å². The van der Waals surface area contributed by atoms with Crippen LogP contribution in [0.15, 0.2) is 84.9 Å². The lowest BCUT2D eigenvalue weighted by molar-refractivity contribution is -0.148. The Morgan fingerprint density at radius 3 is 2.16 bits per heavy atom. The second-order valence-electron chi connectivity index (χ2n) is 7.04. The lowest BCUT2D eigenvalue weighted by Crippen LogP contribution is -2.40. The summed E-state index contributed by atoms with van der Waals surface area (Å²) in [6.07, 6.45) is 0.666. The first kappa shape index (κ1) is 21.8. The largest absolute Gasteiger partial charge is 0.454 e. The van der Waals surface area contributed by atoms with Crippen LogP contribution in [-0.2, 0) is 20.7 Å². The van der Waals surface area contributed by atoms with E-state index in [4.69, 9.17) is 4.74 Å². The summed E-state index contributed by atoms with van der Waals surface area (Å²) in [7, 11) is 0. The highest BCUT2D eigenvalue weighted by Crippen LogP contribution is 2.19. The highest BCUT2D eigenvalue weighted by atomic mass is 16.5. The molecule has 158 valence electrons. The standard InChI is InChI=1S/C25H24N2O4/c1-18(26-24(29)20-12-6-3-7-13-20)25(30)31-17-23(28)27-22-15-9-8-14-21(22)16-19-10-4-2-5-11-19/h2-15,18H,16-17H2,1H3,(H,26,29)(H,27,28)/t18-/m0/s1. The van der Waals surface area contributed by atoms with Crippen molar-refractivity contribution in [2.75, 3.05) is 11.9 Å². The third-order valence-electron chi connectivity index (χ3n) is 4.61. The predicted octanol–water partition coefficient (Wildman–Crippen LogP) is 3.58. The van der Waals surface area contributed by atoms with Crippen molar-refractivity contribution >= 4 is 23.5 Å². The molecule has 0 bridgehead atoms. The van der Waals surface area contributed by atoms with E-state index in [-0.39, 0.29) is 5.91 Å². The summed E-state index contributed by atoms with van der Waals surface area (Å²) in [6.45, 7) is 1.07. The number of anilines is 1. The zero-order chi connectivity index (χ0) is 22.1. The third kappa shape index (κ3) is 6.54. The fourth-order valence-corrected chi connectivity index (χ4v) is 2.99. The van der Waals surface area contributed by atoms with Gasteiger partial charge in [-0.05, 0) is 42.7 Å². The van der Waals surface area contributed by atoms with Gasteiger partial charge in [0, 0.05) is 11.3 Å². The van der Waals surface area contributed by atoms with Crippen LogP contribution in [0.2, 0.25) is 0 Å². The maximum Gasteiger partial charge on any atom is 0.328 e. The van der Waals surface area contributed by atoms with Crippen LogP contribution >= 0.6 is 0 Å². The topological polar surface area (TPSA) is 84.5 Å². The maximum absolute atomic E-state index is 12.3. The Hall–Kier alpha value is -3.93. The summed E-state index contributed by atoms with van der Waals surface area (Å²) in [5, 5.41) is 5.35. The molecule has 0 saturated heterocycles. The van der Waals surface area contributed by atoms with Gasteiger partial charge in [-0.1, -0.05) is 66.7 Å². The SMILES string of the molecule is C[C@H](NC(=O)c1ccccc1)C(=O)OCC(=O)Nc1ccccc1Cc1ccccc1. The molecule has 0 aromatic heterocycles. The van der Waals surface area contributed by atoms with E-state index in [0.717, 1.165) is 11.1 Å².